The van der Waals surface area contributed by atoms with Gasteiger partial charge < -0.3 is 10.4 Å². The van der Waals surface area contributed by atoms with Crippen molar-refractivity contribution in [3.63, 3.8) is 0 Å². The van der Waals surface area contributed by atoms with Gasteiger partial charge in [0, 0.05) is 6.54 Å². The molecule has 1 aliphatic rings. The highest BCUT2D eigenvalue weighted by molar-refractivity contribution is 9.10. The van der Waals surface area contributed by atoms with E-state index in [2.05, 4.69) is 40.2 Å². The summed E-state index contributed by atoms with van der Waals surface area (Å²) >= 11 is 3.38. The van der Waals surface area contributed by atoms with Crippen molar-refractivity contribution in [3.8, 4) is 0 Å². The van der Waals surface area contributed by atoms with Crippen LogP contribution in [0.3, 0.4) is 0 Å². The number of anilines is 1. The molecule has 0 bridgehead atoms. The monoisotopic (exact) mass is 357 g/mol. The molecule has 0 saturated heterocycles. The minimum atomic E-state index is -0.320. The quantitative estimate of drug-likeness (QED) is 0.850. The molecule has 6 heteroatoms. The number of halogens is 1. The Morgan fingerprint density at radius 2 is 2.10 bits per heavy atom. The van der Waals surface area contributed by atoms with Crippen molar-refractivity contribution in [3.05, 3.63) is 21.0 Å². The van der Waals surface area contributed by atoms with Gasteiger partial charge in [0.25, 0.3) is 5.56 Å². The molecule has 0 radical (unpaired) electrons. The van der Waals surface area contributed by atoms with Gasteiger partial charge in [0.15, 0.2) is 0 Å². The Morgan fingerprint density at radius 3 is 2.67 bits per heavy atom. The molecule has 2 N–H and O–H groups in total. The number of hydrogen-bond acceptors (Lipinski definition) is 4. The SMILES string of the molecule is CC(C)Cn1ncc(NC2(CO)CCCCC2)c(Br)c1=O. The minimum Gasteiger partial charge on any atom is -0.394 e. The number of aliphatic hydroxyl groups is 1. The normalized spacial score (nSPS) is 18.0. The highest BCUT2D eigenvalue weighted by Gasteiger charge is 2.32. The number of nitrogens with one attached hydrogen (secondary N) is 1. The van der Waals surface area contributed by atoms with E-state index in [1.165, 1.54) is 11.1 Å². The van der Waals surface area contributed by atoms with Gasteiger partial charge in [-0.25, -0.2) is 4.68 Å². The zero-order valence-electron chi connectivity index (χ0n) is 12.7. The van der Waals surface area contributed by atoms with E-state index in [4.69, 9.17) is 0 Å². The van der Waals surface area contributed by atoms with Gasteiger partial charge in [-0.15, -0.1) is 0 Å². The first-order chi connectivity index (χ1) is 9.97. The number of hydrogen-bond donors (Lipinski definition) is 2. The van der Waals surface area contributed by atoms with E-state index in [-0.39, 0.29) is 17.7 Å². The summed E-state index contributed by atoms with van der Waals surface area (Å²) in [6.07, 6.45) is 6.93. The maximum absolute atomic E-state index is 12.3. The molecule has 0 amide bonds. The average Bonchev–Trinajstić information content (AvgIpc) is 2.48. The van der Waals surface area contributed by atoms with E-state index >= 15 is 0 Å². The van der Waals surface area contributed by atoms with Crippen LogP contribution in [0.5, 0.6) is 0 Å². The standard InChI is InChI=1S/C15H24BrN3O2/c1-11(2)9-19-14(21)13(16)12(8-17-19)18-15(10-20)6-4-3-5-7-15/h8,11,18,20H,3-7,9-10H2,1-2H3. The summed E-state index contributed by atoms with van der Waals surface area (Å²) in [4.78, 5) is 12.3. The largest absolute Gasteiger partial charge is 0.394 e. The van der Waals surface area contributed by atoms with Gasteiger partial charge in [-0.3, -0.25) is 4.79 Å². The zero-order chi connectivity index (χ0) is 15.5. The Hall–Kier alpha value is -0.880. The molecule has 1 aromatic heterocycles. The smallest absolute Gasteiger partial charge is 0.283 e. The Balaban J connectivity index is 2.24. The van der Waals surface area contributed by atoms with Crippen LogP contribution >= 0.6 is 15.9 Å². The fourth-order valence-electron chi connectivity index (χ4n) is 2.86. The van der Waals surface area contributed by atoms with Crippen molar-refractivity contribution in [2.75, 3.05) is 11.9 Å². The number of aromatic nitrogens is 2. The summed E-state index contributed by atoms with van der Waals surface area (Å²) in [7, 11) is 0. The first-order valence-electron chi connectivity index (χ1n) is 7.62. The summed E-state index contributed by atoms with van der Waals surface area (Å²) < 4.78 is 1.98. The maximum Gasteiger partial charge on any atom is 0.283 e. The molecule has 0 atom stereocenters. The molecular formula is C15H24BrN3O2. The molecule has 118 valence electrons. The van der Waals surface area contributed by atoms with Gasteiger partial charge >= 0.3 is 0 Å². The van der Waals surface area contributed by atoms with Gasteiger partial charge in [-0.1, -0.05) is 33.1 Å². The van der Waals surface area contributed by atoms with Crippen LogP contribution in [0.15, 0.2) is 15.5 Å². The average molecular weight is 358 g/mol. The van der Waals surface area contributed by atoms with Crippen LogP contribution in [-0.2, 0) is 6.54 Å². The second-order valence-electron chi connectivity index (χ2n) is 6.38. The number of rotatable bonds is 5. The number of aliphatic hydroxyl groups excluding tert-OH is 1. The third-order valence-corrected chi connectivity index (χ3v) is 4.80. The van der Waals surface area contributed by atoms with Gasteiger partial charge in [0.1, 0.15) is 4.47 Å². The highest BCUT2D eigenvalue weighted by Crippen LogP contribution is 2.32. The Labute approximate surface area is 133 Å². The molecule has 1 aromatic rings. The van der Waals surface area contributed by atoms with Crippen LogP contribution in [0.1, 0.15) is 46.0 Å². The summed E-state index contributed by atoms with van der Waals surface area (Å²) in [5.41, 5.74) is 0.229. The van der Waals surface area contributed by atoms with Crippen molar-refractivity contribution < 1.29 is 5.11 Å². The fraction of sp³-hybridized carbons (Fsp3) is 0.733. The van der Waals surface area contributed by atoms with Crippen molar-refractivity contribution >= 4 is 21.6 Å². The van der Waals surface area contributed by atoms with Gasteiger partial charge in [-0.05, 0) is 34.7 Å². The Kier molecular flexibility index (Phi) is 5.43. The van der Waals surface area contributed by atoms with Crippen LogP contribution in [0.2, 0.25) is 0 Å². The van der Waals surface area contributed by atoms with E-state index in [9.17, 15) is 9.90 Å². The summed E-state index contributed by atoms with van der Waals surface area (Å²) in [5, 5.41) is 17.4. The molecule has 5 nitrogen and oxygen atoms in total. The van der Waals surface area contributed by atoms with Gasteiger partial charge in [-0.2, -0.15) is 5.10 Å². The second-order valence-corrected chi connectivity index (χ2v) is 7.17. The zero-order valence-corrected chi connectivity index (χ0v) is 14.3. The number of nitrogens with zero attached hydrogens (tertiary/aromatic N) is 2. The lowest BCUT2D eigenvalue weighted by atomic mass is 9.82. The topological polar surface area (TPSA) is 67.2 Å². The van der Waals surface area contributed by atoms with Gasteiger partial charge in [0.2, 0.25) is 0 Å². The molecule has 2 rings (SSSR count). The van der Waals surface area contributed by atoms with E-state index < -0.39 is 0 Å². The van der Waals surface area contributed by atoms with E-state index in [1.54, 1.807) is 6.20 Å². The van der Waals surface area contributed by atoms with Crippen LogP contribution in [0.25, 0.3) is 0 Å². The van der Waals surface area contributed by atoms with Crippen molar-refractivity contribution in [1.82, 2.24) is 9.78 Å². The summed E-state index contributed by atoms with van der Waals surface area (Å²) in [5.74, 6) is 0.364. The second kappa shape index (κ2) is 6.92. The molecule has 1 saturated carbocycles. The third kappa shape index (κ3) is 3.86. The lowest BCUT2D eigenvalue weighted by Crippen LogP contribution is -2.44. The van der Waals surface area contributed by atoms with Crippen LogP contribution in [0, 0.1) is 5.92 Å². The molecular weight excluding hydrogens is 334 g/mol. The molecule has 0 spiro atoms. The van der Waals surface area contributed by atoms with E-state index in [0.29, 0.717) is 22.6 Å². The van der Waals surface area contributed by atoms with Gasteiger partial charge in [0.05, 0.1) is 24.0 Å². The Morgan fingerprint density at radius 1 is 1.43 bits per heavy atom. The molecule has 1 fully saturated rings. The lowest BCUT2D eigenvalue weighted by molar-refractivity contribution is 0.172. The van der Waals surface area contributed by atoms with Crippen molar-refractivity contribution in [1.29, 1.82) is 0 Å². The molecule has 0 aliphatic heterocycles. The predicted octanol–water partition coefficient (Wildman–Crippen LogP) is 2.77. The summed E-state index contributed by atoms with van der Waals surface area (Å²) in [6.45, 7) is 4.78. The molecule has 1 aliphatic carbocycles. The fourth-order valence-corrected chi connectivity index (χ4v) is 3.27. The molecule has 0 unspecified atom stereocenters. The summed E-state index contributed by atoms with van der Waals surface area (Å²) in [6, 6.07) is 0. The third-order valence-electron chi connectivity index (χ3n) is 4.04. The first-order valence-corrected chi connectivity index (χ1v) is 8.41. The van der Waals surface area contributed by atoms with E-state index in [1.807, 2.05) is 0 Å². The Bertz CT molecular complexity index is 536. The molecule has 0 aromatic carbocycles. The van der Waals surface area contributed by atoms with Crippen LogP contribution in [-0.4, -0.2) is 27.0 Å². The minimum absolute atomic E-state index is 0.0779. The first kappa shape index (κ1) is 16.5. The maximum atomic E-state index is 12.3. The predicted molar refractivity (Wildman–Crippen MR) is 87.6 cm³/mol. The highest BCUT2D eigenvalue weighted by atomic mass is 79.9. The van der Waals surface area contributed by atoms with Crippen molar-refractivity contribution in [2.24, 2.45) is 5.92 Å². The molecule has 21 heavy (non-hydrogen) atoms. The lowest BCUT2D eigenvalue weighted by Gasteiger charge is -2.37. The molecule has 1 heterocycles. The van der Waals surface area contributed by atoms with Crippen LogP contribution < -0.4 is 10.9 Å². The van der Waals surface area contributed by atoms with Crippen LogP contribution in [0.4, 0.5) is 5.69 Å². The van der Waals surface area contributed by atoms with Crippen molar-refractivity contribution in [2.45, 2.75) is 58.0 Å². The van der Waals surface area contributed by atoms with E-state index in [0.717, 1.165) is 25.7 Å².